The number of rotatable bonds is 2. The normalized spacial score (nSPS) is 10.6. The highest BCUT2D eigenvalue weighted by molar-refractivity contribution is 5.82. The van der Waals surface area contributed by atoms with Gasteiger partial charge in [-0.25, -0.2) is 4.98 Å². The van der Waals surface area contributed by atoms with Crippen LogP contribution >= 0.6 is 0 Å². The maximum absolute atomic E-state index is 8.84. The van der Waals surface area contributed by atoms with Gasteiger partial charge in [0.1, 0.15) is 5.82 Å². The third kappa shape index (κ3) is 1.74. The lowest BCUT2D eigenvalue weighted by Gasteiger charge is -1.96. The first-order valence-electron chi connectivity index (χ1n) is 5.32. The molecule has 17 heavy (non-hydrogen) atoms. The van der Waals surface area contributed by atoms with E-state index in [0.29, 0.717) is 5.69 Å². The quantitative estimate of drug-likeness (QED) is 0.587. The molecule has 0 saturated heterocycles. The molecule has 0 aliphatic heterocycles. The largest absolute Gasteiger partial charge is 0.338 e. The molecule has 1 aromatic heterocycles. The highest BCUT2D eigenvalue weighted by Crippen LogP contribution is 2.22. The van der Waals surface area contributed by atoms with Crippen LogP contribution in [0.4, 0.5) is 5.69 Å². The molecule has 0 fully saturated rings. The monoisotopic (exact) mass is 225 g/mol. The fourth-order valence-electron chi connectivity index (χ4n) is 1.81. The van der Waals surface area contributed by atoms with Crippen molar-refractivity contribution in [1.82, 2.24) is 9.97 Å². The van der Waals surface area contributed by atoms with Gasteiger partial charge in [0.2, 0.25) is 0 Å². The van der Waals surface area contributed by atoms with E-state index in [1.165, 1.54) is 0 Å². The molecule has 0 spiro atoms. The fourth-order valence-corrected chi connectivity index (χ4v) is 1.81. The molecule has 3 aromatic rings. The molecule has 0 radical (unpaired) electrons. The molecule has 4 nitrogen and oxygen atoms in total. The van der Waals surface area contributed by atoms with E-state index in [0.717, 1.165) is 22.4 Å². The first-order chi connectivity index (χ1) is 8.36. The number of hydrogen-bond acceptors (Lipinski definition) is 3. The molecule has 4 heteroatoms. The molecule has 3 N–H and O–H groups in total. The Bertz CT molecular complexity index is 646. The molecular weight excluding hydrogens is 214 g/mol. The average molecular weight is 225 g/mol. The fraction of sp³-hybridized carbons (Fsp3) is 0. The van der Waals surface area contributed by atoms with Crippen LogP contribution < -0.4 is 5.48 Å². The predicted molar refractivity (Wildman–Crippen MR) is 66.9 cm³/mol. The first-order valence-corrected chi connectivity index (χ1v) is 5.32. The lowest BCUT2D eigenvalue weighted by atomic mass is 10.2. The van der Waals surface area contributed by atoms with Gasteiger partial charge in [0, 0.05) is 5.56 Å². The molecule has 0 amide bonds. The minimum atomic E-state index is 0.640. The van der Waals surface area contributed by atoms with Crippen LogP contribution in [0.2, 0.25) is 0 Å². The smallest absolute Gasteiger partial charge is 0.138 e. The summed E-state index contributed by atoms with van der Waals surface area (Å²) in [5.41, 5.74) is 5.57. The predicted octanol–water partition coefficient (Wildman–Crippen LogP) is 3.03. The molecule has 2 aromatic carbocycles. The summed E-state index contributed by atoms with van der Waals surface area (Å²) in [4.78, 5) is 7.72. The van der Waals surface area contributed by atoms with Crippen LogP contribution in [0.3, 0.4) is 0 Å². The van der Waals surface area contributed by atoms with Gasteiger partial charge in [-0.15, -0.1) is 0 Å². The van der Waals surface area contributed by atoms with Crippen LogP contribution in [0.1, 0.15) is 0 Å². The molecule has 0 atom stereocenters. The van der Waals surface area contributed by atoms with Crippen LogP contribution in [0.15, 0.2) is 48.5 Å². The Morgan fingerprint density at radius 3 is 2.65 bits per heavy atom. The van der Waals surface area contributed by atoms with Crippen molar-refractivity contribution in [1.29, 1.82) is 0 Å². The Morgan fingerprint density at radius 2 is 1.88 bits per heavy atom. The van der Waals surface area contributed by atoms with E-state index in [-0.39, 0.29) is 0 Å². The van der Waals surface area contributed by atoms with Gasteiger partial charge < -0.3 is 4.98 Å². The average Bonchev–Trinajstić information content (AvgIpc) is 2.82. The Hall–Kier alpha value is -2.33. The summed E-state index contributed by atoms with van der Waals surface area (Å²) in [6, 6.07) is 15.4. The summed E-state index contributed by atoms with van der Waals surface area (Å²) >= 11 is 0. The van der Waals surface area contributed by atoms with E-state index in [1.54, 1.807) is 6.07 Å². The van der Waals surface area contributed by atoms with E-state index in [2.05, 4.69) is 15.4 Å². The van der Waals surface area contributed by atoms with Gasteiger partial charge in [-0.1, -0.05) is 30.3 Å². The molecule has 0 bridgehead atoms. The number of imidazole rings is 1. The van der Waals surface area contributed by atoms with Crippen LogP contribution in [-0.4, -0.2) is 15.2 Å². The Morgan fingerprint density at radius 1 is 1.06 bits per heavy atom. The van der Waals surface area contributed by atoms with Crippen molar-refractivity contribution < 1.29 is 5.21 Å². The van der Waals surface area contributed by atoms with Gasteiger partial charge in [-0.3, -0.25) is 10.7 Å². The molecule has 1 heterocycles. The van der Waals surface area contributed by atoms with Gasteiger partial charge in [-0.05, 0) is 18.2 Å². The molecule has 84 valence electrons. The van der Waals surface area contributed by atoms with Crippen molar-refractivity contribution in [2.75, 3.05) is 5.48 Å². The van der Waals surface area contributed by atoms with Gasteiger partial charge in [0.15, 0.2) is 0 Å². The van der Waals surface area contributed by atoms with Crippen molar-refractivity contribution in [3.8, 4) is 11.4 Å². The highest BCUT2D eigenvalue weighted by Gasteiger charge is 2.04. The van der Waals surface area contributed by atoms with Crippen molar-refractivity contribution in [2.45, 2.75) is 0 Å². The maximum Gasteiger partial charge on any atom is 0.138 e. The summed E-state index contributed by atoms with van der Waals surface area (Å²) in [5.74, 6) is 0.829. The molecule has 0 unspecified atom stereocenters. The van der Waals surface area contributed by atoms with Gasteiger partial charge in [0.05, 0.1) is 16.7 Å². The van der Waals surface area contributed by atoms with E-state index < -0.39 is 0 Å². The number of nitrogens with zero attached hydrogens (tertiary/aromatic N) is 1. The SMILES string of the molecule is ONc1ccc2nc(-c3ccccc3)[nH]c2c1. The number of aromatic amines is 1. The highest BCUT2D eigenvalue weighted by atomic mass is 16.5. The molecule has 3 rings (SSSR count). The third-order valence-electron chi connectivity index (χ3n) is 2.66. The number of aromatic nitrogens is 2. The zero-order valence-electron chi connectivity index (χ0n) is 9.01. The van der Waals surface area contributed by atoms with Crippen molar-refractivity contribution >= 4 is 16.7 Å². The summed E-state index contributed by atoms with van der Waals surface area (Å²) in [6.07, 6.45) is 0. The maximum atomic E-state index is 8.84. The van der Waals surface area contributed by atoms with E-state index in [1.807, 2.05) is 42.5 Å². The summed E-state index contributed by atoms with van der Waals surface area (Å²) in [5, 5.41) is 8.84. The second-order valence-corrected chi connectivity index (χ2v) is 3.80. The number of hydrogen-bond donors (Lipinski definition) is 3. The van der Waals surface area contributed by atoms with Crippen LogP contribution in [-0.2, 0) is 0 Å². The zero-order valence-corrected chi connectivity index (χ0v) is 9.01. The van der Waals surface area contributed by atoms with Crippen LogP contribution in [0.5, 0.6) is 0 Å². The van der Waals surface area contributed by atoms with Gasteiger partial charge >= 0.3 is 0 Å². The zero-order chi connectivity index (χ0) is 11.7. The number of nitrogens with one attached hydrogen (secondary N) is 2. The second kappa shape index (κ2) is 3.92. The second-order valence-electron chi connectivity index (χ2n) is 3.80. The number of benzene rings is 2. The van der Waals surface area contributed by atoms with Crippen molar-refractivity contribution in [2.24, 2.45) is 0 Å². The summed E-state index contributed by atoms with van der Waals surface area (Å²) < 4.78 is 0. The van der Waals surface area contributed by atoms with Crippen LogP contribution in [0.25, 0.3) is 22.4 Å². The van der Waals surface area contributed by atoms with E-state index >= 15 is 0 Å². The number of fused-ring (bicyclic) bond motifs is 1. The standard InChI is InChI=1S/C13H11N3O/c17-16-10-6-7-11-12(8-10)15-13(14-11)9-4-2-1-3-5-9/h1-8,16-17H,(H,14,15). The van der Waals surface area contributed by atoms with Gasteiger partial charge in [-0.2, -0.15) is 0 Å². The Kier molecular flexibility index (Phi) is 2.27. The van der Waals surface area contributed by atoms with Crippen molar-refractivity contribution in [3.05, 3.63) is 48.5 Å². The number of anilines is 1. The summed E-state index contributed by atoms with van der Waals surface area (Å²) in [6.45, 7) is 0. The first kappa shape index (κ1) is 9.86. The van der Waals surface area contributed by atoms with Gasteiger partial charge in [0.25, 0.3) is 0 Å². The Labute approximate surface area is 97.9 Å². The summed E-state index contributed by atoms with van der Waals surface area (Å²) in [7, 11) is 0. The molecule has 0 aliphatic rings. The topological polar surface area (TPSA) is 60.9 Å². The lowest BCUT2D eigenvalue weighted by molar-refractivity contribution is 0.389. The third-order valence-corrected chi connectivity index (χ3v) is 2.66. The van der Waals surface area contributed by atoms with Crippen LogP contribution in [0, 0.1) is 0 Å². The lowest BCUT2D eigenvalue weighted by Crippen LogP contribution is -1.87. The minimum Gasteiger partial charge on any atom is -0.338 e. The number of H-pyrrole nitrogens is 1. The van der Waals surface area contributed by atoms with E-state index in [4.69, 9.17) is 5.21 Å². The molecule has 0 aliphatic carbocycles. The molecule has 0 saturated carbocycles. The Balaban J connectivity index is 2.14. The minimum absolute atomic E-state index is 0.640. The molecular formula is C13H11N3O. The van der Waals surface area contributed by atoms with Crippen molar-refractivity contribution in [3.63, 3.8) is 0 Å². The van der Waals surface area contributed by atoms with E-state index in [9.17, 15) is 0 Å².